The zero-order chi connectivity index (χ0) is 12.9. The van der Waals surface area contributed by atoms with E-state index in [0.29, 0.717) is 0 Å². The minimum Gasteiger partial charge on any atom is -0.329 e. The van der Waals surface area contributed by atoms with Crippen molar-refractivity contribution in [3.8, 4) is 0 Å². The molecular formula is C15H32N2. The predicted molar refractivity (Wildman–Crippen MR) is 76.1 cm³/mol. The van der Waals surface area contributed by atoms with Crippen LogP contribution < -0.4 is 5.73 Å². The fourth-order valence-electron chi connectivity index (χ4n) is 3.35. The fourth-order valence-corrected chi connectivity index (χ4v) is 3.35. The molecule has 2 nitrogen and oxygen atoms in total. The quantitative estimate of drug-likeness (QED) is 0.747. The standard InChI is InChI=1S/C15H32N2/c1-5-14-7-6-9-15(12-16,10-8-14)17(4)11-13(2)3/h13-14H,5-12,16H2,1-4H3. The molecule has 1 saturated carbocycles. The van der Waals surface area contributed by atoms with Gasteiger partial charge in [0.05, 0.1) is 0 Å². The van der Waals surface area contributed by atoms with Crippen molar-refractivity contribution >= 4 is 0 Å². The summed E-state index contributed by atoms with van der Waals surface area (Å²) in [6.45, 7) is 8.93. The van der Waals surface area contributed by atoms with E-state index in [1.165, 1.54) is 45.1 Å². The Bertz CT molecular complexity index is 215. The Hall–Kier alpha value is -0.0800. The van der Waals surface area contributed by atoms with Crippen LogP contribution in [0.4, 0.5) is 0 Å². The van der Waals surface area contributed by atoms with E-state index in [0.717, 1.165) is 18.4 Å². The van der Waals surface area contributed by atoms with Crippen molar-refractivity contribution < 1.29 is 0 Å². The number of nitrogens with two attached hydrogens (primary N) is 1. The molecule has 1 rings (SSSR count). The van der Waals surface area contributed by atoms with Crippen LogP contribution in [0.1, 0.15) is 59.3 Å². The number of hydrogen-bond acceptors (Lipinski definition) is 2. The molecule has 0 aromatic carbocycles. The van der Waals surface area contributed by atoms with Gasteiger partial charge < -0.3 is 5.73 Å². The molecule has 0 aromatic heterocycles. The third-order valence-electron chi connectivity index (χ3n) is 4.68. The van der Waals surface area contributed by atoms with Gasteiger partial charge in [0.15, 0.2) is 0 Å². The molecule has 0 spiro atoms. The zero-order valence-corrected chi connectivity index (χ0v) is 12.3. The lowest BCUT2D eigenvalue weighted by molar-refractivity contribution is 0.0933. The summed E-state index contributed by atoms with van der Waals surface area (Å²) in [5.74, 6) is 1.67. The zero-order valence-electron chi connectivity index (χ0n) is 12.3. The molecule has 0 aliphatic heterocycles. The molecule has 17 heavy (non-hydrogen) atoms. The first-order valence-corrected chi connectivity index (χ1v) is 7.45. The Morgan fingerprint density at radius 3 is 2.53 bits per heavy atom. The molecule has 0 bridgehead atoms. The van der Waals surface area contributed by atoms with Crippen LogP contribution >= 0.6 is 0 Å². The highest BCUT2D eigenvalue weighted by Gasteiger charge is 2.35. The third-order valence-corrected chi connectivity index (χ3v) is 4.68. The number of hydrogen-bond donors (Lipinski definition) is 1. The van der Waals surface area contributed by atoms with E-state index in [4.69, 9.17) is 5.73 Å². The molecule has 1 aliphatic carbocycles. The maximum absolute atomic E-state index is 6.13. The number of likely N-dealkylation sites (N-methyl/N-ethyl adjacent to an activating group) is 1. The van der Waals surface area contributed by atoms with E-state index < -0.39 is 0 Å². The van der Waals surface area contributed by atoms with Gasteiger partial charge in [0.2, 0.25) is 0 Å². The first kappa shape index (κ1) is 15.0. The fraction of sp³-hybridized carbons (Fsp3) is 1.00. The summed E-state index contributed by atoms with van der Waals surface area (Å²) in [4.78, 5) is 2.55. The lowest BCUT2D eigenvalue weighted by atomic mass is 9.87. The highest BCUT2D eigenvalue weighted by molar-refractivity contribution is 4.93. The Morgan fingerprint density at radius 1 is 1.29 bits per heavy atom. The summed E-state index contributed by atoms with van der Waals surface area (Å²) >= 11 is 0. The van der Waals surface area contributed by atoms with Crippen LogP contribution in [0.25, 0.3) is 0 Å². The van der Waals surface area contributed by atoms with Gasteiger partial charge in [-0.1, -0.05) is 40.0 Å². The second-order valence-corrected chi connectivity index (χ2v) is 6.41. The predicted octanol–water partition coefficient (Wildman–Crippen LogP) is 3.26. The Balaban J connectivity index is 2.66. The van der Waals surface area contributed by atoms with Crippen molar-refractivity contribution in [3.63, 3.8) is 0 Å². The summed E-state index contributed by atoms with van der Waals surface area (Å²) in [5.41, 5.74) is 6.42. The van der Waals surface area contributed by atoms with Crippen LogP contribution in [0, 0.1) is 11.8 Å². The number of rotatable bonds is 5. The minimum atomic E-state index is 0.286. The van der Waals surface area contributed by atoms with Gasteiger partial charge in [0.1, 0.15) is 0 Å². The highest BCUT2D eigenvalue weighted by atomic mass is 15.2. The molecule has 102 valence electrons. The van der Waals surface area contributed by atoms with Crippen LogP contribution in [0.2, 0.25) is 0 Å². The lowest BCUT2D eigenvalue weighted by Gasteiger charge is -2.42. The average Bonchev–Trinajstić information content (AvgIpc) is 2.50. The minimum absolute atomic E-state index is 0.286. The van der Waals surface area contributed by atoms with E-state index in [1.54, 1.807) is 0 Å². The van der Waals surface area contributed by atoms with Gasteiger partial charge in [-0.25, -0.2) is 0 Å². The maximum atomic E-state index is 6.13. The molecule has 2 N–H and O–H groups in total. The van der Waals surface area contributed by atoms with Crippen molar-refractivity contribution in [2.24, 2.45) is 17.6 Å². The van der Waals surface area contributed by atoms with Crippen LogP contribution in [-0.4, -0.2) is 30.6 Å². The average molecular weight is 240 g/mol. The Morgan fingerprint density at radius 2 is 2.00 bits per heavy atom. The topological polar surface area (TPSA) is 29.3 Å². The van der Waals surface area contributed by atoms with Crippen LogP contribution in [0.3, 0.4) is 0 Å². The van der Waals surface area contributed by atoms with Gasteiger partial charge in [-0.05, 0) is 38.1 Å². The van der Waals surface area contributed by atoms with Gasteiger partial charge in [0.25, 0.3) is 0 Å². The van der Waals surface area contributed by atoms with Gasteiger partial charge >= 0.3 is 0 Å². The first-order chi connectivity index (χ1) is 8.04. The summed E-state index contributed by atoms with van der Waals surface area (Å²) in [7, 11) is 2.28. The van der Waals surface area contributed by atoms with E-state index in [2.05, 4.69) is 32.7 Å². The van der Waals surface area contributed by atoms with E-state index in [9.17, 15) is 0 Å². The van der Waals surface area contributed by atoms with Crippen molar-refractivity contribution in [1.29, 1.82) is 0 Å². The smallest absolute Gasteiger partial charge is 0.0328 e. The molecule has 0 radical (unpaired) electrons. The molecular weight excluding hydrogens is 208 g/mol. The second-order valence-electron chi connectivity index (χ2n) is 6.41. The van der Waals surface area contributed by atoms with Crippen molar-refractivity contribution in [2.45, 2.75) is 64.8 Å². The summed E-state index contributed by atoms with van der Waals surface area (Å²) < 4.78 is 0. The monoisotopic (exact) mass is 240 g/mol. The second kappa shape index (κ2) is 6.75. The molecule has 0 amide bonds. The molecule has 2 atom stereocenters. The maximum Gasteiger partial charge on any atom is 0.0328 e. The van der Waals surface area contributed by atoms with E-state index in [1.807, 2.05) is 0 Å². The van der Waals surface area contributed by atoms with Crippen LogP contribution in [-0.2, 0) is 0 Å². The summed E-state index contributed by atoms with van der Waals surface area (Å²) in [5, 5.41) is 0. The van der Waals surface area contributed by atoms with Crippen molar-refractivity contribution in [1.82, 2.24) is 4.90 Å². The van der Waals surface area contributed by atoms with Gasteiger partial charge in [0, 0.05) is 18.6 Å². The largest absolute Gasteiger partial charge is 0.329 e. The third kappa shape index (κ3) is 3.96. The van der Waals surface area contributed by atoms with Gasteiger partial charge in [-0.15, -0.1) is 0 Å². The molecule has 0 saturated heterocycles. The van der Waals surface area contributed by atoms with Crippen molar-refractivity contribution in [3.05, 3.63) is 0 Å². The molecule has 2 heteroatoms. The van der Waals surface area contributed by atoms with Crippen LogP contribution in [0.5, 0.6) is 0 Å². The molecule has 0 heterocycles. The highest BCUT2D eigenvalue weighted by Crippen LogP contribution is 2.35. The Labute approximate surface area is 108 Å². The van der Waals surface area contributed by atoms with Gasteiger partial charge in [-0.3, -0.25) is 4.90 Å². The SMILES string of the molecule is CCC1CCCC(CN)(N(C)CC(C)C)CC1. The van der Waals surface area contributed by atoms with E-state index in [-0.39, 0.29) is 5.54 Å². The Kier molecular flexibility index (Phi) is 5.94. The van der Waals surface area contributed by atoms with Gasteiger partial charge in [-0.2, -0.15) is 0 Å². The lowest BCUT2D eigenvalue weighted by Crippen LogP contribution is -2.52. The van der Waals surface area contributed by atoms with E-state index >= 15 is 0 Å². The summed E-state index contributed by atoms with van der Waals surface area (Å²) in [6.07, 6.45) is 8.07. The molecule has 1 fully saturated rings. The first-order valence-electron chi connectivity index (χ1n) is 7.45. The molecule has 0 aromatic rings. The normalized spacial score (nSPS) is 30.9. The molecule has 2 unspecified atom stereocenters. The van der Waals surface area contributed by atoms with Crippen LogP contribution in [0.15, 0.2) is 0 Å². The molecule has 1 aliphatic rings. The number of nitrogens with zero attached hydrogens (tertiary/aromatic N) is 1. The summed E-state index contributed by atoms with van der Waals surface area (Å²) in [6, 6.07) is 0. The van der Waals surface area contributed by atoms with Crippen molar-refractivity contribution in [2.75, 3.05) is 20.1 Å².